The minimum atomic E-state index is -3.68. The molecule has 0 atom stereocenters. The largest absolute Gasteiger partial charge is 0.384 e. The van der Waals surface area contributed by atoms with Crippen LogP contribution in [-0.4, -0.2) is 28.7 Å². The Morgan fingerprint density at radius 3 is 2.47 bits per heavy atom. The zero-order valence-corrected chi connectivity index (χ0v) is 16.9. The Kier molecular flexibility index (Phi) is 4.96. The molecule has 152 valence electrons. The van der Waals surface area contributed by atoms with Crippen molar-refractivity contribution in [2.75, 3.05) is 5.73 Å². The lowest BCUT2D eigenvalue weighted by atomic mass is 10.2. The van der Waals surface area contributed by atoms with Crippen LogP contribution in [0, 0.1) is 6.92 Å². The minimum absolute atomic E-state index is 0.0721. The third kappa shape index (κ3) is 3.87. The van der Waals surface area contributed by atoms with Gasteiger partial charge in [-0.05, 0) is 48.9 Å². The average molecular weight is 421 g/mol. The second kappa shape index (κ2) is 7.60. The molecule has 4 rings (SSSR count). The van der Waals surface area contributed by atoms with Gasteiger partial charge in [0.2, 0.25) is 9.84 Å². The van der Waals surface area contributed by atoms with Gasteiger partial charge >= 0.3 is 0 Å². The van der Waals surface area contributed by atoms with Crippen LogP contribution in [0.15, 0.2) is 76.9 Å². The molecule has 1 amide bonds. The number of pyridine rings is 2. The second-order valence-corrected chi connectivity index (χ2v) is 8.76. The lowest BCUT2D eigenvalue weighted by Crippen LogP contribution is -2.23. The molecule has 3 N–H and O–H groups in total. The van der Waals surface area contributed by atoms with Crippen LogP contribution in [0.5, 0.6) is 0 Å². The van der Waals surface area contributed by atoms with Crippen LogP contribution in [0.25, 0.3) is 5.65 Å². The predicted molar refractivity (Wildman–Crippen MR) is 112 cm³/mol. The van der Waals surface area contributed by atoms with Gasteiger partial charge in [0.05, 0.1) is 21.0 Å². The zero-order valence-electron chi connectivity index (χ0n) is 16.1. The number of nitrogens with zero attached hydrogens (tertiary/aromatic N) is 3. The molecular formula is C21H19N5O3S. The van der Waals surface area contributed by atoms with Crippen LogP contribution in [0.4, 0.5) is 5.82 Å². The van der Waals surface area contributed by atoms with Crippen molar-refractivity contribution in [3.63, 3.8) is 0 Å². The predicted octanol–water partition coefficient (Wildman–Crippen LogP) is 2.38. The summed E-state index contributed by atoms with van der Waals surface area (Å²) in [7, 11) is -3.68. The summed E-state index contributed by atoms with van der Waals surface area (Å²) in [5.41, 5.74) is 8.44. The SMILES string of the molecule is Cc1cn2cc(C(=O)NCc3ccc(S(=O)(=O)c4ccc(N)nc4)cc3)ccc2n1. The third-order valence-electron chi connectivity index (χ3n) is 4.59. The first-order valence-corrected chi connectivity index (χ1v) is 10.6. The van der Waals surface area contributed by atoms with E-state index in [1.807, 2.05) is 13.1 Å². The number of sulfone groups is 1. The maximum atomic E-state index is 12.7. The number of nitrogen functional groups attached to an aromatic ring is 1. The van der Waals surface area contributed by atoms with E-state index in [2.05, 4.69) is 15.3 Å². The molecule has 0 aliphatic carbocycles. The van der Waals surface area contributed by atoms with Gasteiger partial charge in [0.25, 0.3) is 5.91 Å². The van der Waals surface area contributed by atoms with Crippen LogP contribution < -0.4 is 11.1 Å². The normalized spacial score (nSPS) is 11.5. The highest BCUT2D eigenvalue weighted by atomic mass is 32.2. The minimum Gasteiger partial charge on any atom is -0.384 e. The van der Waals surface area contributed by atoms with Gasteiger partial charge in [-0.15, -0.1) is 0 Å². The number of nitrogens with two attached hydrogens (primary N) is 1. The van der Waals surface area contributed by atoms with Crippen LogP contribution in [0.3, 0.4) is 0 Å². The first-order valence-electron chi connectivity index (χ1n) is 9.12. The molecule has 3 heterocycles. The number of amides is 1. The summed E-state index contributed by atoms with van der Waals surface area (Å²) >= 11 is 0. The highest BCUT2D eigenvalue weighted by Gasteiger charge is 2.18. The van der Waals surface area contributed by atoms with E-state index in [4.69, 9.17) is 5.73 Å². The number of hydrogen-bond acceptors (Lipinski definition) is 6. The molecule has 8 nitrogen and oxygen atoms in total. The maximum absolute atomic E-state index is 12.7. The van der Waals surface area contributed by atoms with E-state index in [0.29, 0.717) is 5.56 Å². The van der Waals surface area contributed by atoms with Gasteiger partial charge in [-0.3, -0.25) is 4.79 Å². The number of hydrogen-bond donors (Lipinski definition) is 2. The summed E-state index contributed by atoms with van der Waals surface area (Å²) in [6.45, 7) is 2.16. The Labute approximate surface area is 173 Å². The number of benzene rings is 1. The number of carbonyl (C=O) groups excluding carboxylic acids is 1. The van der Waals surface area contributed by atoms with E-state index in [1.54, 1.807) is 34.9 Å². The fourth-order valence-corrected chi connectivity index (χ4v) is 4.22. The number of nitrogens with one attached hydrogen (secondary N) is 1. The Bertz CT molecular complexity index is 1330. The van der Waals surface area contributed by atoms with Gasteiger partial charge in [0.1, 0.15) is 11.5 Å². The van der Waals surface area contributed by atoms with Crippen molar-refractivity contribution in [3.05, 3.63) is 83.9 Å². The lowest BCUT2D eigenvalue weighted by molar-refractivity contribution is 0.0950. The van der Waals surface area contributed by atoms with Crippen molar-refractivity contribution >= 4 is 27.2 Å². The van der Waals surface area contributed by atoms with E-state index >= 15 is 0 Å². The van der Waals surface area contributed by atoms with Gasteiger partial charge < -0.3 is 15.5 Å². The summed E-state index contributed by atoms with van der Waals surface area (Å²) in [6, 6.07) is 12.7. The molecule has 0 fully saturated rings. The van der Waals surface area contributed by atoms with Crippen molar-refractivity contribution in [2.24, 2.45) is 0 Å². The van der Waals surface area contributed by atoms with Crippen molar-refractivity contribution in [2.45, 2.75) is 23.3 Å². The average Bonchev–Trinajstić information content (AvgIpc) is 3.12. The van der Waals surface area contributed by atoms with Crippen molar-refractivity contribution < 1.29 is 13.2 Å². The van der Waals surface area contributed by atoms with Crippen LogP contribution in [0.2, 0.25) is 0 Å². The van der Waals surface area contributed by atoms with E-state index < -0.39 is 9.84 Å². The zero-order chi connectivity index (χ0) is 21.3. The van der Waals surface area contributed by atoms with Crippen LogP contribution in [0.1, 0.15) is 21.6 Å². The Hall–Kier alpha value is -3.72. The molecule has 9 heteroatoms. The molecule has 0 saturated heterocycles. The van der Waals surface area contributed by atoms with Gasteiger partial charge in [-0.1, -0.05) is 12.1 Å². The Morgan fingerprint density at radius 1 is 1.03 bits per heavy atom. The smallest absolute Gasteiger partial charge is 0.253 e. The first kappa shape index (κ1) is 19.6. The highest BCUT2D eigenvalue weighted by molar-refractivity contribution is 7.91. The van der Waals surface area contributed by atoms with E-state index in [-0.39, 0.29) is 28.1 Å². The lowest BCUT2D eigenvalue weighted by Gasteiger charge is -2.08. The summed E-state index contributed by atoms with van der Waals surface area (Å²) in [5.74, 6) is 0.0234. The van der Waals surface area contributed by atoms with Crippen molar-refractivity contribution in [1.82, 2.24) is 19.7 Å². The molecule has 0 bridgehead atoms. The fourth-order valence-electron chi connectivity index (χ4n) is 3.01. The standard InChI is InChI=1S/C21H19N5O3S/c1-14-12-26-13-16(4-9-20(26)25-14)21(27)24-10-15-2-5-17(6-3-15)30(28,29)18-7-8-19(22)23-11-18/h2-9,11-13H,10H2,1H3,(H2,22,23)(H,24,27). The maximum Gasteiger partial charge on any atom is 0.253 e. The van der Waals surface area contributed by atoms with Crippen molar-refractivity contribution in [3.8, 4) is 0 Å². The quantitative estimate of drug-likeness (QED) is 0.511. The van der Waals surface area contributed by atoms with Gasteiger partial charge in [0, 0.05) is 25.1 Å². The summed E-state index contributed by atoms with van der Waals surface area (Å²) < 4.78 is 27.1. The van der Waals surface area contributed by atoms with Gasteiger partial charge in [-0.2, -0.15) is 0 Å². The Morgan fingerprint density at radius 2 is 1.77 bits per heavy atom. The number of imidazole rings is 1. The highest BCUT2D eigenvalue weighted by Crippen LogP contribution is 2.21. The molecule has 0 aliphatic heterocycles. The third-order valence-corrected chi connectivity index (χ3v) is 6.34. The van der Waals surface area contributed by atoms with E-state index in [0.717, 1.165) is 16.9 Å². The summed E-state index contributed by atoms with van der Waals surface area (Å²) in [5, 5.41) is 2.84. The summed E-state index contributed by atoms with van der Waals surface area (Å²) in [6.07, 6.45) is 4.81. The number of fused-ring (bicyclic) bond motifs is 1. The molecular weight excluding hydrogens is 402 g/mol. The second-order valence-electron chi connectivity index (χ2n) is 6.81. The van der Waals surface area contributed by atoms with Crippen molar-refractivity contribution in [1.29, 1.82) is 0 Å². The van der Waals surface area contributed by atoms with Crippen LogP contribution >= 0.6 is 0 Å². The molecule has 30 heavy (non-hydrogen) atoms. The topological polar surface area (TPSA) is 119 Å². The molecule has 0 saturated carbocycles. The molecule has 0 spiro atoms. The summed E-state index contributed by atoms with van der Waals surface area (Å²) in [4.78, 5) is 20.8. The number of carbonyl (C=O) groups is 1. The van der Waals surface area contributed by atoms with E-state index in [1.165, 1.54) is 30.5 Å². The molecule has 0 aliphatic rings. The van der Waals surface area contributed by atoms with E-state index in [9.17, 15) is 13.2 Å². The molecule has 1 aromatic carbocycles. The first-order chi connectivity index (χ1) is 14.3. The van der Waals surface area contributed by atoms with Crippen LogP contribution in [-0.2, 0) is 16.4 Å². The number of rotatable bonds is 5. The molecule has 3 aromatic heterocycles. The van der Waals surface area contributed by atoms with Gasteiger partial charge in [-0.25, -0.2) is 18.4 Å². The molecule has 0 radical (unpaired) electrons. The number of aromatic nitrogens is 3. The Balaban J connectivity index is 1.45. The molecule has 4 aromatic rings. The number of aryl methyl sites for hydroxylation is 1. The van der Waals surface area contributed by atoms with Gasteiger partial charge in [0.15, 0.2) is 0 Å². The number of anilines is 1. The molecule has 0 unspecified atom stereocenters. The fraction of sp³-hybridized carbons (Fsp3) is 0.0952. The monoisotopic (exact) mass is 421 g/mol.